The van der Waals surface area contributed by atoms with Crippen molar-refractivity contribution in [3.05, 3.63) is 123 Å². The summed E-state index contributed by atoms with van der Waals surface area (Å²) in [6.45, 7) is 8.53. The third-order valence-electron chi connectivity index (χ3n) is 7.26. The van der Waals surface area contributed by atoms with Crippen molar-refractivity contribution in [2.75, 3.05) is 13.7 Å². The maximum Gasteiger partial charge on any atom is 0.253 e. The van der Waals surface area contributed by atoms with Gasteiger partial charge in [-0.2, -0.15) is 0 Å². The van der Waals surface area contributed by atoms with Gasteiger partial charge in [-0.3, -0.25) is 9.69 Å². The molecule has 0 saturated carbocycles. The van der Waals surface area contributed by atoms with Gasteiger partial charge in [-0.15, -0.1) is 5.10 Å². The number of fused-ring (bicyclic) bond motifs is 1. The van der Waals surface area contributed by atoms with E-state index in [1.807, 2.05) is 43.3 Å². The summed E-state index contributed by atoms with van der Waals surface area (Å²) >= 11 is 0. The number of pyridine rings is 1. The number of aromatic amines is 1. The van der Waals surface area contributed by atoms with E-state index < -0.39 is 6.04 Å². The van der Waals surface area contributed by atoms with E-state index in [1.165, 1.54) is 5.56 Å². The molecule has 2 heterocycles. The van der Waals surface area contributed by atoms with Gasteiger partial charge in [-0.1, -0.05) is 80.6 Å². The average Bonchev–Trinajstić information content (AvgIpc) is 3.41. The van der Waals surface area contributed by atoms with Crippen molar-refractivity contribution in [2.24, 2.45) is 0 Å². The molecule has 0 spiro atoms. The van der Waals surface area contributed by atoms with Crippen LogP contribution < -0.4 is 5.56 Å². The van der Waals surface area contributed by atoms with E-state index in [1.54, 1.807) is 11.8 Å². The molecular formula is C32H36N6O2. The van der Waals surface area contributed by atoms with Crippen LogP contribution in [0.25, 0.3) is 10.9 Å². The molecule has 0 radical (unpaired) electrons. The largest absolute Gasteiger partial charge is 0.383 e. The quantitative estimate of drug-likeness (QED) is 0.244. The minimum atomic E-state index is -0.508. The van der Waals surface area contributed by atoms with Gasteiger partial charge in [0.25, 0.3) is 5.56 Å². The number of nitrogens with one attached hydrogen (secondary N) is 1. The summed E-state index contributed by atoms with van der Waals surface area (Å²) in [6, 6.07) is 26.6. The highest BCUT2D eigenvalue weighted by Gasteiger charge is 2.31. The smallest absolute Gasteiger partial charge is 0.253 e. The maximum absolute atomic E-state index is 13.8. The molecule has 1 N–H and O–H groups in total. The fourth-order valence-electron chi connectivity index (χ4n) is 5.08. The first kappa shape index (κ1) is 27.4. The van der Waals surface area contributed by atoms with Crippen LogP contribution in [0.4, 0.5) is 0 Å². The van der Waals surface area contributed by atoms with Gasteiger partial charge in [0.2, 0.25) is 0 Å². The van der Waals surface area contributed by atoms with Crippen molar-refractivity contribution in [2.45, 2.75) is 52.4 Å². The van der Waals surface area contributed by atoms with Crippen LogP contribution >= 0.6 is 0 Å². The van der Waals surface area contributed by atoms with Gasteiger partial charge >= 0.3 is 0 Å². The van der Waals surface area contributed by atoms with Gasteiger partial charge in [-0.25, -0.2) is 4.68 Å². The second-order valence-electron chi connectivity index (χ2n) is 10.6. The minimum absolute atomic E-state index is 0.155. The molecule has 0 aliphatic carbocycles. The topological polar surface area (TPSA) is 88.9 Å². The Balaban J connectivity index is 1.66. The van der Waals surface area contributed by atoms with Gasteiger partial charge in [0.1, 0.15) is 6.04 Å². The second kappa shape index (κ2) is 12.4. The Kier molecular flexibility index (Phi) is 8.48. The summed E-state index contributed by atoms with van der Waals surface area (Å²) in [7, 11) is 1.65. The van der Waals surface area contributed by atoms with Crippen molar-refractivity contribution < 1.29 is 4.74 Å². The van der Waals surface area contributed by atoms with Crippen LogP contribution in [0.5, 0.6) is 0 Å². The first-order chi connectivity index (χ1) is 19.4. The van der Waals surface area contributed by atoms with Gasteiger partial charge in [-0.05, 0) is 63.0 Å². The zero-order valence-corrected chi connectivity index (χ0v) is 23.5. The normalized spacial score (nSPS) is 12.4. The highest BCUT2D eigenvalue weighted by molar-refractivity contribution is 5.79. The number of hydrogen-bond acceptors (Lipinski definition) is 6. The van der Waals surface area contributed by atoms with E-state index in [0.29, 0.717) is 43.5 Å². The standard InChI is InChI=1S/C32H36N6O2/c1-22(2)26-14-11-25(12-15-26)21-37(20-24-8-6-5-7-9-24)30(31-34-35-36-38(31)16-17-40-4)28-19-27-13-10-23(3)18-29(27)33-32(28)39/h5-15,18-19,22,30H,16-17,20-21H2,1-4H3,(H,33,39). The number of benzene rings is 3. The number of H-pyrrole nitrogens is 1. The Bertz CT molecular complexity index is 1610. The predicted octanol–water partition coefficient (Wildman–Crippen LogP) is 5.38. The molecule has 0 aliphatic rings. The number of rotatable bonds is 11. The van der Waals surface area contributed by atoms with E-state index >= 15 is 0 Å². The predicted molar refractivity (Wildman–Crippen MR) is 157 cm³/mol. The molecule has 206 valence electrons. The first-order valence-corrected chi connectivity index (χ1v) is 13.7. The SMILES string of the molecule is COCCn1nnnc1C(c1cc2ccc(C)cc2[nH]c1=O)N(Cc1ccccc1)Cc1ccc(C(C)C)cc1. The van der Waals surface area contributed by atoms with Crippen molar-refractivity contribution in [1.82, 2.24) is 30.1 Å². The first-order valence-electron chi connectivity index (χ1n) is 13.7. The summed E-state index contributed by atoms with van der Waals surface area (Å²) < 4.78 is 7.08. The minimum Gasteiger partial charge on any atom is -0.383 e. The Morgan fingerprint density at radius 3 is 2.38 bits per heavy atom. The Morgan fingerprint density at radius 2 is 1.68 bits per heavy atom. The lowest BCUT2D eigenvalue weighted by Crippen LogP contribution is -2.35. The van der Waals surface area contributed by atoms with Crippen LogP contribution in [0.2, 0.25) is 0 Å². The molecule has 8 nitrogen and oxygen atoms in total. The van der Waals surface area contributed by atoms with Gasteiger partial charge in [0.15, 0.2) is 5.82 Å². The van der Waals surface area contributed by atoms with Crippen LogP contribution in [-0.4, -0.2) is 43.8 Å². The number of aryl methyl sites for hydroxylation is 1. The van der Waals surface area contributed by atoms with E-state index in [9.17, 15) is 4.79 Å². The summed E-state index contributed by atoms with van der Waals surface area (Å²) in [5.74, 6) is 1.05. The van der Waals surface area contributed by atoms with Crippen molar-refractivity contribution >= 4 is 10.9 Å². The molecule has 3 aromatic carbocycles. The maximum atomic E-state index is 13.8. The van der Waals surface area contributed by atoms with Crippen molar-refractivity contribution in [3.63, 3.8) is 0 Å². The number of aromatic nitrogens is 5. The molecule has 5 aromatic rings. The number of tetrazole rings is 1. The number of ether oxygens (including phenoxy) is 1. The molecule has 0 saturated heterocycles. The van der Waals surface area contributed by atoms with E-state index in [2.05, 4.69) is 81.7 Å². The Hall–Kier alpha value is -4.14. The lowest BCUT2D eigenvalue weighted by Gasteiger charge is -2.31. The van der Waals surface area contributed by atoms with E-state index in [4.69, 9.17) is 4.74 Å². The fraction of sp³-hybridized carbons (Fsp3) is 0.312. The molecule has 0 amide bonds. The monoisotopic (exact) mass is 536 g/mol. The van der Waals surface area contributed by atoms with Gasteiger partial charge in [0, 0.05) is 31.3 Å². The zero-order chi connectivity index (χ0) is 28.1. The van der Waals surface area contributed by atoms with Crippen LogP contribution in [-0.2, 0) is 24.4 Å². The molecule has 0 fully saturated rings. The van der Waals surface area contributed by atoms with Crippen LogP contribution in [0.1, 0.15) is 59.4 Å². The lowest BCUT2D eigenvalue weighted by molar-refractivity contribution is 0.169. The highest BCUT2D eigenvalue weighted by Crippen LogP contribution is 2.30. The van der Waals surface area contributed by atoms with E-state index in [-0.39, 0.29) is 5.56 Å². The Labute approximate surface area is 234 Å². The summed E-state index contributed by atoms with van der Waals surface area (Å²) in [5, 5.41) is 13.7. The molecule has 8 heteroatoms. The second-order valence-corrected chi connectivity index (χ2v) is 10.6. The number of methoxy groups -OCH3 is 1. The fourth-order valence-corrected chi connectivity index (χ4v) is 5.08. The molecule has 0 aliphatic heterocycles. The third-order valence-corrected chi connectivity index (χ3v) is 7.26. The van der Waals surface area contributed by atoms with E-state index in [0.717, 1.165) is 27.6 Å². The van der Waals surface area contributed by atoms with Crippen molar-refractivity contribution in [3.8, 4) is 0 Å². The molecule has 40 heavy (non-hydrogen) atoms. The van der Waals surface area contributed by atoms with Gasteiger partial charge in [0.05, 0.1) is 13.2 Å². The summed E-state index contributed by atoms with van der Waals surface area (Å²) in [6.07, 6.45) is 0. The van der Waals surface area contributed by atoms with Crippen LogP contribution in [0.3, 0.4) is 0 Å². The highest BCUT2D eigenvalue weighted by atomic mass is 16.5. The molecule has 1 atom stereocenters. The molecule has 2 aromatic heterocycles. The molecule has 1 unspecified atom stereocenters. The number of hydrogen-bond donors (Lipinski definition) is 1. The third kappa shape index (κ3) is 6.19. The Morgan fingerprint density at radius 1 is 0.950 bits per heavy atom. The van der Waals surface area contributed by atoms with Gasteiger partial charge < -0.3 is 9.72 Å². The molecular weight excluding hydrogens is 500 g/mol. The average molecular weight is 537 g/mol. The lowest BCUT2D eigenvalue weighted by atomic mass is 9.99. The van der Waals surface area contributed by atoms with Crippen LogP contribution in [0, 0.1) is 6.92 Å². The zero-order valence-electron chi connectivity index (χ0n) is 23.5. The molecule has 5 rings (SSSR count). The molecule has 0 bridgehead atoms. The summed E-state index contributed by atoms with van der Waals surface area (Å²) in [5.41, 5.74) is 5.91. The van der Waals surface area contributed by atoms with Crippen molar-refractivity contribution in [1.29, 1.82) is 0 Å². The number of nitrogens with zero attached hydrogens (tertiary/aromatic N) is 5. The van der Waals surface area contributed by atoms with Crippen LogP contribution in [0.15, 0.2) is 83.7 Å². The summed E-state index contributed by atoms with van der Waals surface area (Å²) in [4.78, 5) is 19.1.